The smallest absolute Gasteiger partial charge is 0.136 e. The van der Waals surface area contributed by atoms with Gasteiger partial charge in [-0.25, -0.2) is 0 Å². The van der Waals surface area contributed by atoms with E-state index in [1.165, 1.54) is 36.6 Å². The van der Waals surface area contributed by atoms with Gasteiger partial charge < -0.3 is 10.1 Å². The second-order valence-corrected chi connectivity index (χ2v) is 12.0. The van der Waals surface area contributed by atoms with Crippen LogP contribution in [0.2, 0.25) is 0 Å². The van der Waals surface area contributed by atoms with E-state index in [0.717, 1.165) is 24.8 Å². The van der Waals surface area contributed by atoms with Gasteiger partial charge in [-0.1, -0.05) is 34.6 Å². The van der Waals surface area contributed by atoms with Crippen molar-refractivity contribution in [2.75, 3.05) is 0 Å². The van der Waals surface area contributed by atoms with Crippen LogP contribution in [0, 0.1) is 39.9 Å². The summed E-state index contributed by atoms with van der Waals surface area (Å²) in [5.41, 5.74) is 3.13. The number of ketones is 1. The topological polar surface area (TPSA) is 53.1 Å². The van der Waals surface area contributed by atoms with Gasteiger partial charge in [-0.2, -0.15) is 0 Å². The van der Waals surface area contributed by atoms with Gasteiger partial charge >= 0.3 is 0 Å². The van der Waals surface area contributed by atoms with Gasteiger partial charge in [0.1, 0.15) is 11.5 Å². The van der Waals surface area contributed by atoms with E-state index in [0.29, 0.717) is 34.7 Å². The lowest BCUT2D eigenvalue weighted by molar-refractivity contribution is -0.182. The number of phenolic OH excluding ortho intramolecular Hbond substituents is 1. The minimum absolute atomic E-state index is 0.167. The molecule has 3 aliphatic rings. The molecule has 0 saturated heterocycles. The number of aromatic amines is 1. The molecule has 3 fully saturated rings. The number of rotatable bonds is 2. The Morgan fingerprint density at radius 1 is 1.03 bits per heavy atom. The minimum atomic E-state index is 0.167. The molecule has 0 spiro atoms. The molecule has 2 aromatic rings. The average molecular weight is 422 g/mol. The number of aromatic hydroxyl groups is 1. The third-order valence-electron chi connectivity index (χ3n) is 10.9. The maximum atomic E-state index is 12.6. The second kappa shape index (κ2) is 6.86. The van der Waals surface area contributed by atoms with Gasteiger partial charge in [0.25, 0.3) is 0 Å². The Morgan fingerprint density at radius 3 is 2.55 bits per heavy atom. The van der Waals surface area contributed by atoms with Crippen LogP contribution in [0.15, 0.2) is 24.4 Å². The number of hydrogen-bond acceptors (Lipinski definition) is 2. The summed E-state index contributed by atoms with van der Waals surface area (Å²) in [5.74, 6) is 3.03. The lowest BCUT2D eigenvalue weighted by Gasteiger charge is -2.67. The summed E-state index contributed by atoms with van der Waals surface area (Å²) >= 11 is 0. The first-order chi connectivity index (χ1) is 14.6. The molecule has 7 unspecified atom stereocenters. The van der Waals surface area contributed by atoms with Crippen LogP contribution in [0.4, 0.5) is 0 Å². The van der Waals surface area contributed by atoms with Crippen LogP contribution in [-0.4, -0.2) is 15.9 Å². The number of fused-ring (bicyclic) bond motifs is 4. The van der Waals surface area contributed by atoms with Crippen molar-refractivity contribution in [3.8, 4) is 5.75 Å². The molecule has 3 nitrogen and oxygen atoms in total. The quantitative estimate of drug-likeness (QED) is 0.555. The molecular formula is C28H39NO2. The number of Topliss-reactive ketones (excluding diaryl/α,β-unsaturated/α-hetero) is 1. The lowest BCUT2D eigenvalue weighted by atomic mass is 9.37. The summed E-state index contributed by atoms with van der Waals surface area (Å²) in [5, 5.41) is 11.1. The molecular weight excluding hydrogens is 382 g/mol. The van der Waals surface area contributed by atoms with E-state index in [1.807, 2.05) is 12.1 Å². The van der Waals surface area contributed by atoms with Crippen molar-refractivity contribution < 1.29 is 9.90 Å². The van der Waals surface area contributed by atoms with Crippen LogP contribution < -0.4 is 0 Å². The van der Waals surface area contributed by atoms with Gasteiger partial charge in [-0.05, 0) is 90.2 Å². The van der Waals surface area contributed by atoms with E-state index in [4.69, 9.17) is 0 Å². The fourth-order valence-corrected chi connectivity index (χ4v) is 8.66. The summed E-state index contributed by atoms with van der Waals surface area (Å²) in [4.78, 5) is 16.0. The average Bonchev–Trinajstić information content (AvgIpc) is 3.10. The Labute approximate surface area is 187 Å². The fraction of sp³-hybridized carbons (Fsp3) is 0.679. The summed E-state index contributed by atoms with van der Waals surface area (Å²) < 4.78 is 0. The highest BCUT2D eigenvalue weighted by atomic mass is 16.3. The Bertz CT molecular complexity index is 1020. The predicted molar refractivity (Wildman–Crippen MR) is 126 cm³/mol. The summed E-state index contributed by atoms with van der Waals surface area (Å²) in [6.45, 7) is 12.3. The van der Waals surface area contributed by atoms with Crippen molar-refractivity contribution in [3.63, 3.8) is 0 Å². The van der Waals surface area contributed by atoms with Crippen molar-refractivity contribution in [2.45, 2.75) is 79.6 Å². The Hall–Kier alpha value is -1.77. The van der Waals surface area contributed by atoms with Crippen LogP contribution in [0.3, 0.4) is 0 Å². The number of H-pyrrole nitrogens is 1. The summed E-state index contributed by atoms with van der Waals surface area (Å²) in [7, 11) is 0. The maximum absolute atomic E-state index is 12.6. The molecule has 7 atom stereocenters. The zero-order valence-corrected chi connectivity index (χ0v) is 19.9. The molecule has 0 bridgehead atoms. The van der Waals surface area contributed by atoms with Gasteiger partial charge in [0.05, 0.1) is 0 Å². The fourth-order valence-electron chi connectivity index (χ4n) is 8.66. The number of benzene rings is 1. The minimum Gasteiger partial charge on any atom is -0.508 e. The maximum Gasteiger partial charge on any atom is 0.136 e. The molecule has 0 radical (unpaired) electrons. The predicted octanol–water partition coefficient (Wildman–Crippen LogP) is 6.89. The van der Waals surface area contributed by atoms with Gasteiger partial charge in [0.15, 0.2) is 0 Å². The van der Waals surface area contributed by atoms with E-state index >= 15 is 0 Å². The van der Waals surface area contributed by atoms with Crippen molar-refractivity contribution in [1.29, 1.82) is 0 Å². The van der Waals surface area contributed by atoms with E-state index in [-0.39, 0.29) is 16.7 Å². The molecule has 2 N–H and O–H groups in total. The molecule has 3 aliphatic carbocycles. The second-order valence-electron chi connectivity index (χ2n) is 12.0. The molecule has 0 aliphatic heterocycles. The molecule has 1 heterocycles. The Morgan fingerprint density at radius 2 is 1.77 bits per heavy atom. The highest BCUT2D eigenvalue weighted by Crippen LogP contribution is 2.69. The van der Waals surface area contributed by atoms with Gasteiger partial charge in [-0.3, -0.25) is 4.79 Å². The van der Waals surface area contributed by atoms with Crippen molar-refractivity contribution >= 4 is 16.7 Å². The van der Waals surface area contributed by atoms with Crippen LogP contribution in [-0.2, 0) is 11.2 Å². The molecule has 0 amide bonds. The number of aromatic nitrogens is 1. The Kier molecular flexibility index (Phi) is 4.67. The number of hydrogen-bond donors (Lipinski definition) is 2. The van der Waals surface area contributed by atoms with E-state index in [2.05, 4.69) is 51.9 Å². The lowest BCUT2D eigenvalue weighted by Crippen LogP contribution is -2.61. The normalized spacial score (nSPS) is 42.9. The first-order valence-electron chi connectivity index (χ1n) is 12.4. The van der Waals surface area contributed by atoms with E-state index in [1.54, 1.807) is 0 Å². The number of carbonyl (C=O) groups is 1. The van der Waals surface area contributed by atoms with Crippen molar-refractivity contribution in [3.05, 3.63) is 30.0 Å². The third kappa shape index (κ3) is 2.87. The molecule has 3 saturated carbocycles. The highest BCUT2D eigenvalue weighted by Gasteiger charge is 2.63. The summed E-state index contributed by atoms with van der Waals surface area (Å²) in [6, 6.07) is 5.71. The molecule has 1 aromatic carbocycles. The van der Waals surface area contributed by atoms with Gasteiger partial charge in [-0.15, -0.1) is 0 Å². The summed E-state index contributed by atoms with van der Waals surface area (Å²) in [6.07, 6.45) is 10.1. The van der Waals surface area contributed by atoms with Crippen LogP contribution >= 0.6 is 0 Å². The van der Waals surface area contributed by atoms with Crippen molar-refractivity contribution in [2.24, 2.45) is 39.9 Å². The molecule has 168 valence electrons. The van der Waals surface area contributed by atoms with Crippen LogP contribution in [0.25, 0.3) is 10.9 Å². The van der Waals surface area contributed by atoms with Crippen molar-refractivity contribution in [1.82, 2.24) is 4.98 Å². The molecule has 31 heavy (non-hydrogen) atoms. The first kappa shape index (κ1) is 21.1. The Balaban J connectivity index is 1.53. The number of carbonyl (C=O) groups excluding carboxylic acids is 1. The van der Waals surface area contributed by atoms with Crippen LogP contribution in [0.1, 0.15) is 78.7 Å². The molecule has 3 heteroatoms. The number of nitrogens with one attached hydrogen (secondary N) is 1. The van der Waals surface area contributed by atoms with Gasteiger partial charge in [0.2, 0.25) is 0 Å². The first-order valence-corrected chi connectivity index (χ1v) is 12.4. The molecule has 5 rings (SSSR count). The third-order valence-corrected chi connectivity index (χ3v) is 10.9. The molecule has 1 aromatic heterocycles. The largest absolute Gasteiger partial charge is 0.508 e. The zero-order chi connectivity index (χ0) is 22.2. The highest BCUT2D eigenvalue weighted by molar-refractivity contribution is 5.84. The number of phenols is 1. The van der Waals surface area contributed by atoms with E-state index < -0.39 is 0 Å². The van der Waals surface area contributed by atoms with Crippen LogP contribution in [0.5, 0.6) is 5.75 Å². The zero-order valence-electron chi connectivity index (χ0n) is 19.9. The van der Waals surface area contributed by atoms with Gasteiger partial charge in [0, 0.05) is 35.5 Å². The SMILES string of the molecule is CC1CCC2(C)C(CCC3(C)C(C)C(=O)CCC32)C1(C)Cc1c[nH]c2cc(O)ccc12. The van der Waals surface area contributed by atoms with E-state index in [9.17, 15) is 9.90 Å². The monoisotopic (exact) mass is 421 g/mol. The standard InChI is InChI=1S/C28H39NO2/c1-17-10-12-27(4)24-9-8-23(31)18(2)26(24,3)13-11-25(27)28(17,5)15-19-16-29-22-14-20(30)6-7-21(19)22/h6-7,14,16-18,24-25,29-30H,8-13,15H2,1-5H3.